The zero-order chi connectivity index (χ0) is 20.1. The Bertz CT molecular complexity index is 959. The van der Waals surface area contributed by atoms with Gasteiger partial charge in [-0.05, 0) is 48.4 Å². The number of hydrogen-bond acceptors (Lipinski definition) is 2. The van der Waals surface area contributed by atoms with Crippen LogP contribution in [0.25, 0.3) is 0 Å². The van der Waals surface area contributed by atoms with Gasteiger partial charge in [-0.1, -0.05) is 41.9 Å². The van der Waals surface area contributed by atoms with Crippen LogP contribution in [0.4, 0.5) is 8.78 Å². The smallest absolute Gasteiger partial charge is 0.255 e. The van der Waals surface area contributed by atoms with E-state index < -0.39 is 11.6 Å². The summed E-state index contributed by atoms with van der Waals surface area (Å²) >= 11 is 6.04. The van der Waals surface area contributed by atoms with Crippen molar-refractivity contribution in [2.24, 2.45) is 0 Å². The summed E-state index contributed by atoms with van der Waals surface area (Å²) in [7, 11) is 0. The number of rotatable bonds is 6. The van der Waals surface area contributed by atoms with E-state index >= 15 is 0 Å². The molecular weight excluding hydrogens is 384 g/mol. The molecule has 0 radical (unpaired) electrons. The fraction of sp³-hybridized carbons (Fsp3) is 0.136. The second-order valence-corrected chi connectivity index (χ2v) is 6.75. The molecule has 0 aliphatic rings. The average Bonchev–Trinajstić information content (AvgIpc) is 2.67. The quantitative estimate of drug-likeness (QED) is 0.576. The van der Waals surface area contributed by atoms with E-state index in [2.05, 4.69) is 5.32 Å². The molecule has 3 rings (SSSR count). The molecule has 0 aliphatic carbocycles. The van der Waals surface area contributed by atoms with Crippen molar-refractivity contribution in [2.45, 2.75) is 19.6 Å². The minimum atomic E-state index is -0.690. The fourth-order valence-corrected chi connectivity index (χ4v) is 2.93. The summed E-state index contributed by atoms with van der Waals surface area (Å²) in [6.45, 7) is 1.78. The predicted molar refractivity (Wildman–Crippen MR) is 104 cm³/mol. The Morgan fingerprint density at radius 1 is 1.04 bits per heavy atom. The lowest BCUT2D eigenvalue weighted by Crippen LogP contribution is -2.27. The van der Waals surface area contributed by atoms with Crippen LogP contribution in [0.3, 0.4) is 0 Å². The molecule has 1 N–H and O–H groups in total. The van der Waals surface area contributed by atoms with Crippen molar-refractivity contribution in [1.29, 1.82) is 0 Å². The molecule has 0 bridgehead atoms. The van der Waals surface area contributed by atoms with Gasteiger partial charge in [0.2, 0.25) is 0 Å². The molecule has 0 fully saturated rings. The fourth-order valence-electron chi connectivity index (χ4n) is 2.76. The van der Waals surface area contributed by atoms with E-state index in [1.165, 1.54) is 18.2 Å². The third-order valence-electron chi connectivity index (χ3n) is 4.15. The van der Waals surface area contributed by atoms with Crippen molar-refractivity contribution in [2.75, 3.05) is 0 Å². The summed E-state index contributed by atoms with van der Waals surface area (Å²) in [6.07, 6.45) is 0. The van der Waals surface area contributed by atoms with Crippen LogP contribution < -0.4 is 10.1 Å². The maximum atomic E-state index is 13.3. The number of carbonyl (C=O) groups is 1. The topological polar surface area (TPSA) is 38.3 Å². The van der Waals surface area contributed by atoms with E-state index in [4.69, 9.17) is 16.3 Å². The molecule has 0 heterocycles. The lowest BCUT2D eigenvalue weighted by atomic mass is 10.1. The first-order chi connectivity index (χ1) is 13.4. The van der Waals surface area contributed by atoms with Crippen molar-refractivity contribution in [1.82, 2.24) is 5.32 Å². The Balaban J connectivity index is 1.77. The number of benzene rings is 3. The molecule has 0 aromatic heterocycles. The molecule has 0 saturated heterocycles. The normalized spacial score (nSPS) is 11.7. The van der Waals surface area contributed by atoms with Gasteiger partial charge in [0, 0.05) is 11.1 Å². The van der Waals surface area contributed by atoms with Gasteiger partial charge in [-0.25, -0.2) is 8.78 Å². The second kappa shape index (κ2) is 8.85. The zero-order valence-corrected chi connectivity index (χ0v) is 15.8. The van der Waals surface area contributed by atoms with E-state index in [9.17, 15) is 13.6 Å². The number of carbonyl (C=O) groups excluding carboxylic acids is 1. The maximum absolute atomic E-state index is 13.3. The molecular formula is C22H18ClF2NO2. The summed E-state index contributed by atoms with van der Waals surface area (Å²) in [5, 5.41) is 3.28. The molecule has 3 aromatic carbocycles. The molecule has 28 heavy (non-hydrogen) atoms. The number of nitrogens with one attached hydrogen (secondary N) is 1. The Kier molecular flexibility index (Phi) is 6.26. The van der Waals surface area contributed by atoms with Crippen molar-refractivity contribution < 1.29 is 18.3 Å². The number of amides is 1. The third kappa shape index (κ3) is 5.08. The number of ether oxygens (including phenoxy) is 1. The summed E-state index contributed by atoms with van der Waals surface area (Å²) in [5.74, 6) is -1.47. The molecule has 0 saturated carbocycles. The van der Waals surface area contributed by atoms with Crippen LogP contribution in [0.5, 0.6) is 5.75 Å². The summed E-state index contributed by atoms with van der Waals surface area (Å²) in [4.78, 5) is 12.8. The van der Waals surface area contributed by atoms with Gasteiger partial charge in [-0.15, -0.1) is 0 Å². The second-order valence-electron chi connectivity index (χ2n) is 6.31. The standard InChI is InChI=1S/C22H18ClF2NO2/c1-14(16-5-3-2-4-6-16)26-22(27)20-11-17(23)7-8-21(20)28-13-15-9-18(24)12-19(25)10-15/h2-12,14H,13H2,1H3,(H,26,27)/t14-/m0/s1. The van der Waals surface area contributed by atoms with E-state index in [-0.39, 0.29) is 29.9 Å². The number of halogens is 3. The Labute approximate surface area is 166 Å². The van der Waals surface area contributed by atoms with Gasteiger partial charge < -0.3 is 10.1 Å². The van der Waals surface area contributed by atoms with Crippen LogP contribution in [0.2, 0.25) is 5.02 Å². The first-order valence-corrected chi connectivity index (χ1v) is 9.03. The van der Waals surface area contributed by atoms with Crippen molar-refractivity contribution in [3.05, 3.63) is 100 Å². The average molecular weight is 402 g/mol. The Morgan fingerprint density at radius 3 is 2.39 bits per heavy atom. The van der Waals surface area contributed by atoms with Gasteiger partial charge in [-0.3, -0.25) is 4.79 Å². The maximum Gasteiger partial charge on any atom is 0.255 e. The lowest BCUT2D eigenvalue weighted by Gasteiger charge is -2.17. The summed E-state index contributed by atoms with van der Waals surface area (Å²) in [6, 6.07) is 17.1. The molecule has 1 amide bonds. The van der Waals surface area contributed by atoms with E-state index in [1.807, 2.05) is 37.3 Å². The highest BCUT2D eigenvalue weighted by atomic mass is 35.5. The molecule has 3 aromatic rings. The first-order valence-electron chi connectivity index (χ1n) is 8.65. The van der Waals surface area contributed by atoms with Crippen LogP contribution in [-0.4, -0.2) is 5.91 Å². The van der Waals surface area contributed by atoms with Gasteiger partial charge >= 0.3 is 0 Å². The van der Waals surface area contributed by atoms with E-state index in [0.29, 0.717) is 10.6 Å². The summed E-state index contributed by atoms with van der Waals surface area (Å²) < 4.78 is 32.3. The molecule has 144 valence electrons. The zero-order valence-electron chi connectivity index (χ0n) is 15.1. The SMILES string of the molecule is C[C@H](NC(=O)c1cc(Cl)ccc1OCc1cc(F)cc(F)c1)c1ccccc1. The van der Waals surface area contributed by atoms with Gasteiger partial charge in [0.1, 0.15) is 24.0 Å². The number of hydrogen-bond donors (Lipinski definition) is 1. The highest BCUT2D eigenvalue weighted by molar-refractivity contribution is 6.31. The van der Waals surface area contributed by atoms with Crippen LogP contribution in [-0.2, 0) is 6.61 Å². The highest BCUT2D eigenvalue weighted by Gasteiger charge is 2.17. The van der Waals surface area contributed by atoms with Crippen LogP contribution in [0, 0.1) is 11.6 Å². The van der Waals surface area contributed by atoms with Crippen molar-refractivity contribution in [3.8, 4) is 5.75 Å². The van der Waals surface area contributed by atoms with Gasteiger partial charge in [0.05, 0.1) is 11.6 Å². The third-order valence-corrected chi connectivity index (χ3v) is 4.39. The largest absolute Gasteiger partial charge is 0.488 e. The minimum Gasteiger partial charge on any atom is -0.488 e. The molecule has 1 atom stereocenters. The van der Waals surface area contributed by atoms with Crippen molar-refractivity contribution >= 4 is 17.5 Å². The predicted octanol–water partition coefficient (Wildman–Crippen LogP) is 5.69. The van der Waals surface area contributed by atoms with Crippen LogP contribution in [0.15, 0.2) is 66.7 Å². The monoisotopic (exact) mass is 401 g/mol. The molecule has 0 unspecified atom stereocenters. The van der Waals surface area contributed by atoms with Gasteiger partial charge in [0.15, 0.2) is 0 Å². The highest BCUT2D eigenvalue weighted by Crippen LogP contribution is 2.25. The molecule has 0 aliphatic heterocycles. The van der Waals surface area contributed by atoms with Crippen LogP contribution in [0.1, 0.15) is 34.5 Å². The molecule has 6 heteroatoms. The minimum absolute atomic E-state index is 0.0924. The lowest BCUT2D eigenvalue weighted by molar-refractivity contribution is 0.0935. The van der Waals surface area contributed by atoms with Crippen LogP contribution >= 0.6 is 11.6 Å². The van der Waals surface area contributed by atoms with E-state index in [0.717, 1.165) is 11.6 Å². The van der Waals surface area contributed by atoms with E-state index in [1.54, 1.807) is 12.1 Å². The molecule has 0 spiro atoms. The Hall–Kier alpha value is -2.92. The summed E-state index contributed by atoms with van der Waals surface area (Å²) in [5.41, 5.74) is 1.51. The first kappa shape index (κ1) is 19.8. The van der Waals surface area contributed by atoms with Gasteiger partial charge in [-0.2, -0.15) is 0 Å². The Morgan fingerprint density at radius 2 is 1.71 bits per heavy atom. The van der Waals surface area contributed by atoms with Crippen molar-refractivity contribution in [3.63, 3.8) is 0 Å². The molecule has 3 nitrogen and oxygen atoms in total. The van der Waals surface area contributed by atoms with Gasteiger partial charge in [0.25, 0.3) is 5.91 Å².